The number of aromatic nitrogens is 1. The maximum atomic E-state index is 5.98. The van der Waals surface area contributed by atoms with Crippen LogP contribution in [0.5, 0.6) is 0 Å². The Morgan fingerprint density at radius 1 is 1.23 bits per heavy atom. The van der Waals surface area contributed by atoms with Crippen LogP contribution in [0.15, 0.2) is 58.8 Å². The van der Waals surface area contributed by atoms with E-state index in [0.29, 0.717) is 18.4 Å². The van der Waals surface area contributed by atoms with Gasteiger partial charge < -0.3 is 4.74 Å². The number of ether oxygens (including phenoxy) is 1. The molecule has 3 heteroatoms. The van der Waals surface area contributed by atoms with Gasteiger partial charge in [0.25, 0.3) is 0 Å². The van der Waals surface area contributed by atoms with Crippen LogP contribution >= 0.6 is 11.8 Å². The first-order valence-corrected chi connectivity index (χ1v) is 10.6. The molecule has 0 bridgehead atoms. The van der Waals surface area contributed by atoms with Gasteiger partial charge in [0.2, 0.25) is 0 Å². The smallest absolute Gasteiger partial charge is 0.0857 e. The molecule has 0 amide bonds. The van der Waals surface area contributed by atoms with E-state index in [-0.39, 0.29) is 0 Å². The number of pyridine rings is 1. The number of thioether (sulfide) groups is 1. The lowest BCUT2D eigenvalue weighted by molar-refractivity contribution is 0.172. The molecule has 0 radical (unpaired) electrons. The van der Waals surface area contributed by atoms with E-state index < -0.39 is 0 Å². The van der Waals surface area contributed by atoms with Crippen molar-refractivity contribution >= 4 is 16.7 Å². The summed E-state index contributed by atoms with van der Waals surface area (Å²) in [6.45, 7) is 8.33. The van der Waals surface area contributed by atoms with Gasteiger partial charge >= 0.3 is 0 Å². The highest BCUT2D eigenvalue weighted by Crippen LogP contribution is 2.39. The average molecular weight is 368 g/mol. The van der Waals surface area contributed by atoms with Crippen LogP contribution in [0.25, 0.3) is 4.91 Å². The van der Waals surface area contributed by atoms with Crippen LogP contribution in [-0.2, 0) is 4.74 Å². The highest BCUT2D eigenvalue weighted by molar-refractivity contribution is 8.13. The molecule has 0 aromatic carbocycles. The number of hydrogen-bond acceptors (Lipinski definition) is 3. The molecule has 1 aromatic heterocycles. The van der Waals surface area contributed by atoms with Crippen molar-refractivity contribution in [2.45, 2.75) is 40.0 Å². The fourth-order valence-electron chi connectivity index (χ4n) is 3.58. The summed E-state index contributed by atoms with van der Waals surface area (Å²) in [6.07, 6.45) is 12.5. The zero-order valence-electron chi connectivity index (χ0n) is 16.1. The normalized spacial score (nSPS) is 21.9. The first-order chi connectivity index (χ1) is 12.7. The standard InChI is InChI=1S/C23H29NOS/c1-4-18(5-2)13-19-9-8-10-20(17(19)3)15-25-16-21-14-23(26-21)22-11-6-7-12-24-22/h6-12,17-19H,4-5,13,15-16H2,1-3H3. The van der Waals surface area contributed by atoms with E-state index in [0.717, 1.165) is 23.1 Å². The number of rotatable bonds is 9. The maximum Gasteiger partial charge on any atom is 0.0857 e. The molecule has 0 N–H and O–H groups in total. The molecule has 1 aromatic rings. The minimum Gasteiger partial charge on any atom is -0.371 e. The summed E-state index contributed by atoms with van der Waals surface area (Å²) in [5, 5.41) is 0. The topological polar surface area (TPSA) is 22.1 Å². The number of allylic oxidation sites excluding steroid dienone is 3. The lowest BCUT2D eigenvalue weighted by Crippen LogP contribution is -2.20. The summed E-state index contributed by atoms with van der Waals surface area (Å²) in [5.41, 5.74) is 5.79. The molecule has 26 heavy (non-hydrogen) atoms. The van der Waals surface area contributed by atoms with Crippen molar-refractivity contribution in [1.29, 1.82) is 0 Å². The highest BCUT2D eigenvalue weighted by atomic mass is 32.2. The van der Waals surface area contributed by atoms with Gasteiger partial charge in [0.1, 0.15) is 0 Å². The summed E-state index contributed by atoms with van der Waals surface area (Å²) >= 11 is 1.73. The molecule has 1 aliphatic heterocycles. The fourth-order valence-corrected chi connectivity index (χ4v) is 4.37. The first-order valence-electron chi connectivity index (χ1n) is 9.75. The Balaban J connectivity index is 1.49. The van der Waals surface area contributed by atoms with Crippen LogP contribution in [0, 0.1) is 17.8 Å². The molecule has 2 nitrogen and oxygen atoms in total. The Morgan fingerprint density at radius 3 is 2.73 bits per heavy atom. The largest absolute Gasteiger partial charge is 0.371 e. The van der Waals surface area contributed by atoms with Crippen LogP contribution in [0.4, 0.5) is 0 Å². The van der Waals surface area contributed by atoms with Crippen molar-refractivity contribution in [1.82, 2.24) is 4.98 Å². The lowest BCUT2D eigenvalue weighted by Gasteiger charge is -2.29. The van der Waals surface area contributed by atoms with Gasteiger partial charge in [-0.1, -0.05) is 75.4 Å². The Morgan fingerprint density at radius 2 is 2.04 bits per heavy atom. The average Bonchev–Trinajstić information content (AvgIpc) is 2.64. The molecular formula is C23H29NOS. The Kier molecular flexibility index (Phi) is 6.96. The van der Waals surface area contributed by atoms with Crippen molar-refractivity contribution in [2.75, 3.05) is 13.2 Å². The predicted molar refractivity (Wildman–Crippen MR) is 112 cm³/mol. The molecule has 3 rings (SSSR count). The van der Waals surface area contributed by atoms with Crippen LogP contribution in [0.1, 0.15) is 45.7 Å². The third kappa shape index (κ3) is 4.79. The van der Waals surface area contributed by atoms with Crippen LogP contribution < -0.4 is 0 Å². The minimum atomic E-state index is 0.572. The van der Waals surface area contributed by atoms with Crippen molar-refractivity contribution in [3.05, 3.63) is 64.5 Å². The maximum absolute atomic E-state index is 5.98. The summed E-state index contributed by atoms with van der Waals surface area (Å²) in [5.74, 6) is 2.05. The summed E-state index contributed by atoms with van der Waals surface area (Å²) in [4.78, 5) is 6.63. The Bertz CT molecular complexity index is 724. The highest BCUT2D eigenvalue weighted by Gasteiger charge is 2.23. The van der Waals surface area contributed by atoms with Crippen molar-refractivity contribution in [2.24, 2.45) is 17.8 Å². The van der Waals surface area contributed by atoms with E-state index in [9.17, 15) is 0 Å². The molecule has 0 saturated carbocycles. The molecular weight excluding hydrogens is 338 g/mol. The zero-order chi connectivity index (χ0) is 18.4. The van der Waals surface area contributed by atoms with E-state index in [1.165, 1.54) is 29.7 Å². The van der Waals surface area contributed by atoms with Gasteiger partial charge in [-0.05, 0) is 41.9 Å². The molecule has 1 aliphatic carbocycles. The van der Waals surface area contributed by atoms with E-state index in [1.54, 1.807) is 11.8 Å². The quantitative estimate of drug-likeness (QED) is 0.482. The van der Waals surface area contributed by atoms with Gasteiger partial charge in [-0.2, -0.15) is 0 Å². The Hall–Kier alpha value is -1.54. The SMILES string of the molecule is CCC(CC)CC1C=CC=C(COCC2=C=C(c3ccccn3)S2)C1C. The number of hydrogen-bond donors (Lipinski definition) is 0. The van der Waals surface area contributed by atoms with Crippen LogP contribution in [0.3, 0.4) is 0 Å². The molecule has 2 unspecified atom stereocenters. The van der Waals surface area contributed by atoms with E-state index in [1.807, 2.05) is 24.4 Å². The summed E-state index contributed by atoms with van der Waals surface area (Å²) < 4.78 is 5.98. The number of nitrogens with zero attached hydrogens (tertiary/aromatic N) is 1. The van der Waals surface area contributed by atoms with Gasteiger partial charge in [-0.15, -0.1) is 0 Å². The molecule has 0 saturated heterocycles. The monoisotopic (exact) mass is 367 g/mol. The summed E-state index contributed by atoms with van der Waals surface area (Å²) in [7, 11) is 0. The van der Waals surface area contributed by atoms with Crippen molar-refractivity contribution in [3.63, 3.8) is 0 Å². The van der Waals surface area contributed by atoms with Crippen molar-refractivity contribution in [3.8, 4) is 0 Å². The van der Waals surface area contributed by atoms with Gasteiger partial charge in [0, 0.05) is 6.20 Å². The molecule has 2 aliphatic rings. The van der Waals surface area contributed by atoms with E-state index >= 15 is 0 Å². The third-order valence-corrected chi connectivity index (χ3v) is 6.52. The predicted octanol–water partition coefficient (Wildman–Crippen LogP) is 6.24. The van der Waals surface area contributed by atoms with E-state index in [2.05, 4.69) is 49.7 Å². The molecule has 0 spiro atoms. The second-order valence-corrected chi connectivity index (χ2v) is 8.29. The van der Waals surface area contributed by atoms with Crippen LogP contribution in [0.2, 0.25) is 0 Å². The molecule has 2 atom stereocenters. The van der Waals surface area contributed by atoms with E-state index in [4.69, 9.17) is 4.74 Å². The fraction of sp³-hybridized carbons (Fsp3) is 0.478. The minimum absolute atomic E-state index is 0.572. The molecule has 2 heterocycles. The zero-order valence-corrected chi connectivity index (χ0v) is 16.9. The second kappa shape index (κ2) is 9.41. The van der Waals surface area contributed by atoms with Gasteiger partial charge in [0.15, 0.2) is 0 Å². The van der Waals surface area contributed by atoms with Gasteiger partial charge in [0.05, 0.1) is 28.7 Å². The second-order valence-electron chi connectivity index (χ2n) is 7.18. The Labute approximate surface area is 162 Å². The third-order valence-electron chi connectivity index (χ3n) is 5.53. The summed E-state index contributed by atoms with van der Waals surface area (Å²) in [6, 6.07) is 5.97. The molecule has 138 valence electrons. The molecule has 0 fully saturated rings. The first kappa shape index (κ1) is 19.2. The van der Waals surface area contributed by atoms with Gasteiger partial charge in [-0.25, -0.2) is 0 Å². The lowest BCUT2D eigenvalue weighted by atomic mass is 9.77. The van der Waals surface area contributed by atoms with Crippen LogP contribution in [-0.4, -0.2) is 18.2 Å². The van der Waals surface area contributed by atoms with Gasteiger partial charge in [-0.3, -0.25) is 4.98 Å². The van der Waals surface area contributed by atoms with Crippen molar-refractivity contribution < 1.29 is 4.74 Å².